The minimum absolute atomic E-state index is 0.0941. The second-order valence-electron chi connectivity index (χ2n) is 4.34. The molecule has 0 spiro atoms. The van der Waals surface area contributed by atoms with Crippen molar-refractivity contribution in [2.24, 2.45) is 0 Å². The monoisotopic (exact) mass is 361 g/mol. The molecule has 7 heteroatoms. The Bertz CT molecular complexity index is 439. The van der Waals surface area contributed by atoms with Gasteiger partial charge >= 0.3 is 0 Å². The molecule has 1 aliphatic rings. The largest absolute Gasteiger partial charge is 0.347 e. The van der Waals surface area contributed by atoms with Crippen molar-refractivity contribution in [3.8, 4) is 0 Å². The molecule has 6 nitrogen and oxygen atoms in total. The van der Waals surface area contributed by atoms with Crippen molar-refractivity contribution in [1.29, 1.82) is 0 Å². The number of nitrogens with zero attached hydrogens (tertiary/aromatic N) is 4. The van der Waals surface area contributed by atoms with E-state index in [1.165, 1.54) is 6.33 Å². The first-order valence-corrected chi connectivity index (χ1v) is 6.83. The molecule has 1 atom stereocenters. The average molecular weight is 361 g/mol. The van der Waals surface area contributed by atoms with Crippen LogP contribution in [0.2, 0.25) is 0 Å². The summed E-state index contributed by atoms with van der Waals surface area (Å²) in [5.41, 5.74) is 0. The van der Waals surface area contributed by atoms with Crippen molar-refractivity contribution in [2.45, 2.75) is 6.04 Å². The van der Waals surface area contributed by atoms with Crippen LogP contribution >= 0.6 is 22.6 Å². The second kappa shape index (κ2) is 5.79. The molecular formula is C11H16IN5O. The summed E-state index contributed by atoms with van der Waals surface area (Å²) < 4.78 is 0.966. The van der Waals surface area contributed by atoms with E-state index in [-0.39, 0.29) is 11.9 Å². The van der Waals surface area contributed by atoms with E-state index in [0.29, 0.717) is 6.54 Å². The van der Waals surface area contributed by atoms with Gasteiger partial charge in [0.05, 0.1) is 3.57 Å². The molecule has 0 saturated carbocycles. The van der Waals surface area contributed by atoms with Gasteiger partial charge in [0.25, 0.3) is 0 Å². The summed E-state index contributed by atoms with van der Waals surface area (Å²) in [7, 11) is 3.56. The van der Waals surface area contributed by atoms with Gasteiger partial charge in [0, 0.05) is 39.9 Å². The Morgan fingerprint density at radius 3 is 3.06 bits per heavy atom. The number of halogens is 1. The quantitative estimate of drug-likeness (QED) is 0.749. The van der Waals surface area contributed by atoms with Gasteiger partial charge in [-0.2, -0.15) is 0 Å². The lowest BCUT2D eigenvalue weighted by atomic mass is 10.1. The van der Waals surface area contributed by atoms with Gasteiger partial charge in [-0.05, 0) is 22.6 Å². The zero-order valence-electron chi connectivity index (χ0n) is 10.4. The zero-order valence-corrected chi connectivity index (χ0v) is 12.6. The number of rotatable bonds is 2. The highest BCUT2D eigenvalue weighted by atomic mass is 127. The van der Waals surface area contributed by atoms with Crippen molar-refractivity contribution in [3.05, 3.63) is 16.1 Å². The van der Waals surface area contributed by atoms with E-state index in [1.807, 2.05) is 0 Å². The maximum Gasteiger partial charge on any atom is 0.246 e. The number of amides is 1. The van der Waals surface area contributed by atoms with Crippen molar-refractivity contribution < 1.29 is 4.79 Å². The molecule has 0 radical (unpaired) electrons. The molecule has 18 heavy (non-hydrogen) atoms. The Kier molecular flexibility index (Phi) is 4.33. The molecule has 1 aromatic rings. The minimum atomic E-state index is -0.197. The molecule has 1 N–H and O–H groups in total. The highest BCUT2D eigenvalue weighted by Gasteiger charge is 2.31. The Labute approximate surface area is 120 Å². The molecule has 0 bridgehead atoms. The van der Waals surface area contributed by atoms with E-state index >= 15 is 0 Å². The van der Waals surface area contributed by atoms with E-state index in [1.54, 1.807) is 25.2 Å². The Hall–Kier alpha value is -0.960. The fourth-order valence-corrected chi connectivity index (χ4v) is 2.60. The van der Waals surface area contributed by atoms with Crippen LogP contribution in [0.25, 0.3) is 0 Å². The van der Waals surface area contributed by atoms with Crippen molar-refractivity contribution >= 4 is 34.3 Å². The van der Waals surface area contributed by atoms with Gasteiger partial charge in [-0.3, -0.25) is 4.79 Å². The standard InChI is InChI=1S/C11H16IN5O/c1-16(2)11(18)9-6-13-3-4-17(9)10-8(12)5-14-7-15-10/h5,7,9,13H,3-4,6H2,1-2H3. The Morgan fingerprint density at radius 1 is 1.61 bits per heavy atom. The van der Waals surface area contributed by atoms with Crippen molar-refractivity contribution in [3.63, 3.8) is 0 Å². The number of nitrogens with one attached hydrogen (secondary N) is 1. The molecule has 2 rings (SSSR count). The zero-order chi connectivity index (χ0) is 13.1. The Balaban J connectivity index is 2.29. The van der Waals surface area contributed by atoms with Gasteiger partial charge in [-0.1, -0.05) is 0 Å². The van der Waals surface area contributed by atoms with Gasteiger partial charge < -0.3 is 15.1 Å². The van der Waals surface area contributed by atoms with Crippen LogP contribution in [-0.4, -0.2) is 60.5 Å². The van der Waals surface area contributed by atoms with E-state index in [0.717, 1.165) is 22.5 Å². The third kappa shape index (κ3) is 2.72. The van der Waals surface area contributed by atoms with Crippen LogP contribution < -0.4 is 10.2 Å². The first-order chi connectivity index (χ1) is 8.61. The molecule has 1 aliphatic heterocycles. The number of aromatic nitrogens is 2. The molecule has 1 amide bonds. The minimum Gasteiger partial charge on any atom is -0.347 e. The molecule has 1 fully saturated rings. The average Bonchev–Trinajstić information content (AvgIpc) is 2.38. The van der Waals surface area contributed by atoms with Crippen LogP contribution in [0.5, 0.6) is 0 Å². The number of anilines is 1. The van der Waals surface area contributed by atoms with E-state index in [9.17, 15) is 4.79 Å². The first kappa shape index (κ1) is 13.5. The van der Waals surface area contributed by atoms with Gasteiger partial charge in [0.15, 0.2) is 0 Å². The number of carbonyl (C=O) groups is 1. The van der Waals surface area contributed by atoms with E-state index in [4.69, 9.17) is 0 Å². The molecule has 1 aromatic heterocycles. The molecule has 1 saturated heterocycles. The van der Waals surface area contributed by atoms with Crippen LogP contribution in [0.3, 0.4) is 0 Å². The highest BCUT2D eigenvalue weighted by molar-refractivity contribution is 14.1. The Morgan fingerprint density at radius 2 is 2.39 bits per heavy atom. The molecule has 0 aliphatic carbocycles. The molecule has 2 heterocycles. The summed E-state index contributed by atoms with van der Waals surface area (Å²) in [4.78, 5) is 24.2. The first-order valence-electron chi connectivity index (χ1n) is 5.75. The van der Waals surface area contributed by atoms with Crippen molar-refractivity contribution in [2.75, 3.05) is 38.6 Å². The third-order valence-corrected chi connectivity index (χ3v) is 3.65. The summed E-state index contributed by atoms with van der Waals surface area (Å²) in [6, 6.07) is -0.197. The van der Waals surface area contributed by atoms with Gasteiger partial charge in [-0.25, -0.2) is 9.97 Å². The van der Waals surface area contributed by atoms with Crippen LogP contribution in [-0.2, 0) is 4.79 Å². The number of carbonyl (C=O) groups excluding carboxylic acids is 1. The number of likely N-dealkylation sites (N-methyl/N-ethyl adjacent to an activating group) is 1. The number of hydrogen-bond donors (Lipinski definition) is 1. The molecular weight excluding hydrogens is 345 g/mol. The third-order valence-electron chi connectivity index (χ3n) is 2.89. The predicted molar refractivity (Wildman–Crippen MR) is 77.4 cm³/mol. The predicted octanol–water partition coefficient (Wildman–Crippen LogP) is -0.0524. The van der Waals surface area contributed by atoms with Crippen molar-refractivity contribution in [1.82, 2.24) is 20.2 Å². The molecule has 1 unspecified atom stereocenters. The van der Waals surface area contributed by atoms with Crippen LogP contribution in [0, 0.1) is 3.57 Å². The lowest BCUT2D eigenvalue weighted by Gasteiger charge is -2.37. The maximum atomic E-state index is 12.2. The van der Waals surface area contributed by atoms with Crippen LogP contribution in [0.1, 0.15) is 0 Å². The van der Waals surface area contributed by atoms with Crippen LogP contribution in [0.4, 0.5) is 5.82 Å². The lowest BCUT2D eigenvalue weighted by molar-refractivity contribution is -0.130. The fourth-order valence-electron chi connectivity index (χ4n) is 1.99. The van der Waals surface area contributed by atoms with Crippen LogP contribution in [0.15, 0.2) is 12.5 Å². The highest BCUT2D eigenvalue weighted by Crippen LogP contribution is 2.21. The SMILES string of the molecule is CN(C)C(=O)C1CNCCN1c1ncncc1I. The van der Waals surface area contributed by atoms with Gasteiger partial charge in [0.2, 0.25) is 5.91 Å². The normalized spacial score (nSPS) is 19.7. The number of piperazine rings is 1. The van der Waals surface area contributed by atoms with E-state index < -0.39 is 0 Å². The fraction of sp³-hybridized carbons (Fsp3) is 0.545. The summed E-state index contributed by atoms with van der Waals surface area (Å²) in [5, 5.41) is 3.25. The summed E-state index contributed by atoms with van der Waals surface area (Å²) in [6.45, 7) is 2.28. The smallest absolute Gasteiger partial charge is 0.246 e. The topological polar surface area (TPSA) is 61.4 Å². The summed E-state index contributed by atoms with van der Waals surface area (Å²) >= 11 is 2.20. The maximum absolute atomic E-state index is 12.2. The summed E-state index contributed by atoms with van der Waals surface area (Å²) in [6.07, 6.45) is 3.29. The van der Waals surface area contributed by atoms with E-state index in [2.05, 4.69) is 42.8 Å². The number of hydrogen-bond acceptors (Lipinski definition) is 5. The molecule has 0 aromatic carbocycles. The molecule has 98 valence electrons. The lowest BCUT2D eigenvalue weighted by Crippen LogP contribution is -2.58. The summed E-state index contributed by atoms with van der Waals surface area (Å²) in [5.74, 6) is 0.934. The van der Waals surface area contributed by atoms with Gasteiger partial charge in [-0.15, -0.1) is 0 Å². The second-order valence-corrected chi connectivity index (χ2v) is 5.50. The van der Waals surface area contributed by atoms with Gasteiger partial charge in [0.1, 0.15) is 18.2 Å².